The van der Waals surface area contributed by atoms with Crippen LogP contribution in [-0.4, -0.2) is 28.4 Å². The highest BCUT2D eigenvalue weighted by atomic mass is 35.5. The van der Waals surface area contributed by atoms with Gasteiger partial charge in [0, 0.05) is 16.0 Å². The van der Waals surface area contributed by atoms with Crippen molar-refractivity contribution >= 4 is 28.5 Å². The topological polar surface area (TPSA) is 75.2 Å². The number of carbonyl (C=O) groups is 1. The average molecular weight is 317 g/mol. The van der Waals surface area contributed by atoms with Gasteiger partial charge in [-0.05, 0) is 42.8 Å². The number of fused-ring (bicyclic) bond motifs is 1. The molecule has 3 aromatic rings. The van der Waals surface area contributed by atoms with Crippen LogP contribution >= 0.6 is 11.6 Å². The number of ether oxygens (including phenoxy) is 1. The standard InChI is InChI=1S/C16H13ClN2O3/c1-8-5-11(14(22-2)7-12(8)17)15-10-4-3-9(16(20)21)6-13(10)18-19-15/h3-7H,1-2H3,(H,18,19)(H,20,21). The number of aromatic amines is 1. The first kappa shape index (κ1) is 14.4. The van der Waals surface area contributed by atoms with Gasteiger partial charge in [-0.1, -0.05) is 11.6 Å². The fourth-order valence-electron chi connectivity index (χ4n) is 2.38. The van der Waals surface area contributed by atoms with Crippen molar-refractivity contribution in [1.82, 2.24) is 10.2 Å². The molecule has 2 aromatic carbocycles. The number of aromatic nitrogens is 2. The summed E-state index contributed by atoms with van der Waals surface area (Å²) in [6.45, 7) is 1.91. The van der Waals surface area contributed by atoms with Gasteiger partial charge in [0.05, 0.1) is 18.2 Å². The SMILES string of the molecule is COc1cc(Cl)c(C)cc1-c1n[nH]c2cc(C(=O)O)ccc12. The Kier molecular flexibility index (Phi) is 3.50. The molecule has 22 heavy (non-hydrogen) atoms. The van der Waals surface area contributed by atoms with Crippen LogP contribution in [0.1, 0.15) is 15.9 Å². The molecule has 0 unspecified atom stereocenters. The lowest BCUT2D eigenvalue weighted by atomic mass is 10.0. The van der Waals surface area contributed by atoms with Gasteiger partial charge < -0.3 is 9.84 Å². The summed E-state index contributed by atoms with van der Waals surface area (Å²) in [5, 5.41) is 17.7. The minimum atomic E-state index is -0.974. The van der Waals surface area contributed by atoms with E-state index in [2.05, 4.69) is 10.2 Å². The Labute approximate surface area is 131 Å². The molecule has 0 fully saturated rings. The second kappa shape index (κ2) is 5.35. The van der Waals surface area contributed by atoms with Gasteiger partial charge >= 0.3 is 5.97 Å². The van der Waals surface area contributed by atoms with E-state index in [1.54, 1.807) is 31.4 Å². The summed E-state index contributed by atoms with van der Waals surface area (Å²) in [6.07, 6.45) is 0. The van der Waals surface area contributed by atoms with Crippen LogP contribution in [0.2, 0.25) is 5.02 Å². The number of hydrogen-bond acceptors (Lipinski definition) is 3. The minimum absolute atomic E-state index is 0.210. The molecule has 112 valence electrons. The van der Waals surface area contributed by atoms with Crippen molar-refractivity contribution in [3.05, 3.63) is 46.5 Å². The first-order valence-corrected chi connectivity index (χ1v) is 6.95. The molecule has 0 aliphatic rings. The lowest BCUT2D eigenvalue weighted by Gasteiger charge is -2.09. The number of halogens is 1. The summed E-state index contributed by atoms with van der Waals surface area (Å²) in [5.74, 6) is -0.357. The Bertz CT molecular complexity index is 886. The van der Waals surface area contributed by atoms with Gasteiger partial charge in [-0.3, -0.25) is 5.10 Å². The summed E-state index contributed by atoms with van der Waals surface area (Å²) < 4.78 is 5.38. The zero-order valence-electron chi connectivity index (χ0n) is 12.0. The highest BCUT2D eigenvalue weighted by Gasteiger charge is 2.16. The van der Waals surface area contributed by atoms with E-state index in [0.29, 0.717) is 22.0 Å². The molecule has 6 heteroatoms. The molecule has 0 saturated carbocycles. The number of benzene rings is 2. The smallest absolute Gasteiger partial charge is 0.335 e. The van der Waals surface area contributed by atoms with Crippen LogP contribution in [0.25, 0.3) is 22.2 Å². The van der Waals surface area contributed by atoms with Gasteiger partial charge in [-0.25, -0.2) is 4.79 Å². The van der Waals surface area contributed by atoms with Crippen molar-refractivity contribution in [1.29, 1.82) is 0 Å². The maximum atomic E-state index is 11.0. The molecular formula is C16H13ClN2O3. The Balaban J connectivity index is 2.23. The number of nitrogens with zero attached hydrogens (tertiary/aromatic N) is 1. The van der Waals surface area contributed by atoms with E-state index < -0.39 is 5.97 Å². The second-order valence-corrected chi connectivity index (χ2v) is 5.35. The molecule has 3 rings (SSSR count). The van der Waals surface area contributed by atoms with Crippen LogP contribution in [0.4, 0.5) is 0 Å². The molecule has 0 bridgehead atoms. The molecule has 1 heterocycles. The number of aryl methyl sites for hydroxylation is 1. The third-order valence-electron chi connectivity index (χ3n) is 3.55. The van der Waals surface area contributed by atoms with Crippen molar-refractivity contribution in [2.75, 3.05) is 7.11 Å². The van der Waals surface area contributed by atoms with Crippen molar-refractivity contribution in [3.63, 3.8) is 0 Å². The van der Waals surface area contributed by atoms with E-state index in [4.69, 9.17) is 21.4 Å². The summed E-state index contributed by atoms with van der Waals surface area (Å²) in [6, 6.07) is 8.50. The fraction of sp³-hybridized carbons (Fsp3) is 0.125. The number of carboxylic acid groups (broad SMARTS) is 1. The number of H-pyrrole nitrogens is 1. The van der Waals surface area contributed by atoms with Crippen LogP contribution in [0.5, 0.6) is 5.75 Å². The van der Waals surface area contributed by atoms with Crippen LogP contribution in [0, 0.1) is 6.92 Å². The molecule has 0 aliphatic carbocycles. The number of methoxy groups -OCH3 is 1. The third-order valence-corrected chi connectivity index (χ3v) is 3.95. The van der Waals surface area contributed by atoms with E-state index in [1.165, 1.54) is 0 Å². The Morgan fingerprint density at radius 3 is 2.77 bits per heavy atom. The lowest BCUT2D eigenvalue weighted by molar-refractivity contribution is 0.0697. The number of hydrogen-bond donors (Lipinski definition) is 2. The first-order valence-electron chi connectivity index (χ1n) is 6.57. The number of aromatic carboxylic acids is 1. The second-order valence-electron chi connectivity index (χ2n) is 4.94. The van der Waals surface area contributed by atoms with E-state index in [9.17, 15) is 4.79 Å². The van der Waals surface area contributed by atoms with E-state index >= 15 is 0 Å². The maximum Gasteiger partial charge on any atom is 0.335 e. The van der Waals surface area contributed by atoms with Crippen molar-refractivity contribution in [2.24, 2.45) is 0 Å². The molecule has 1 aromatic heterocycles. The summed E-state index contributed by atoms with van der Waals surface area (Å²) >= 11 is 6.13. The lowest BCUT2D eigenvalue weighted by Crippen LogP contribution is -1.95. The summed E-state index contributed by atoms with van der Waals surface area (Å²) in [4.78, 5) is 11.0. The molecule has 0 atom stereocenters. The van der Waals surface area contributed by atoms with E-state index in [1.807, 2.05) is 13.0 Å². The maximum absolute atomic E-state index is 11.0. The molecule has 0 amide bonds. The summed E-state index contributed by atoms with van der Waals surface area (Å²) in [5.41, 5.74) is 3.28. The van der Waals surface area contributed by atoms with Gasteiger partial charge in [-0.15, -0.1) is 0 Å². The molecule has 0 saturated heterocycles. The number of rotatable bonds is 3. The molecule has 5 nitrogen and oxygen atoms in total. The predicted octanol–water partition coefficient (Wildman–Crippen LogP) is 3.90. The number of carboxylic acids is 1. The van der Waals surface area contributed by atoms with Crippen LogP contribution < -0.4 is 4.74 Å². The van der Waals surface area contributed by atoms with Gasteiger partial charge in [-0.2, -0.15) is 5.10 Å². The molecule has 2 N–H and O–H groups in total. The molecular weight excluding hydrogens is 304 g/mol. The molecule has 0 radical (unpaired) electrons. The Morgan fingerprint density at radius 2 is 2.09 bits per heavy atom. The Hall–Kier alpha value is -2.53. The average Bonchev–Trinajstić information content (AvgIpc) is 2.92. The van der Waals surface area contributed by atoms with Gasteiger partial charge in [0.1, 0.15) is 11.4 Å². The van der Waals surface area contributed by atoms with Crippen LogP contribution in [-0.2, 0) is 0 Å². The highest BCUT2D eigenvalue weighted by molar-refractivity contribution is 6.31. The highest BCUT2D eigenvalue weighted by Crippen LogP contribution is 2.37. The largest absolute Gasteiger partial charge is 0.496 e. The zero-order valence-corrected chi connectivity index (χ0v) is 12.7. The van der Waals surface area contributed by atoms with Gasteiger partial charge in [0.15, 0.2) is 0 Å². The van der Waals surface area contributed by atoms with E-state index in [0.717, 1.165) is 16.5 Å². The van der Waals surface area contributed by atoms with Crippen molar-refractivity contribution in [3.8, 4) is 17.0 Å². The van der Waals surface area contributed by atoms with Gasteiger partial charge in [0.2, 0.25) is 0 Å². The first-order chi connectivity index (χ1) is 10.5. The van der Waals surface area contributed by atoms with Gasteiger partial charge in [0.25, 0.3) is 0 Å². The van der Waals surface area contributed by atoms with Crippen molar-refractivity contribution < 1.29 is 14.6 Å². The normalized spacial score (nSPS) is 10.9. The van der Waals surface area contributed by atoms with Crippen LogP contribution in [0.3, 0.4) is 0 Å². The van der Waals surface area contributed by atoms with Crippen molar-refractivity contribution in [2.45, 2.75) is 6.92 Å². The Morgan fingerprint density at radius 1 is 1.32 bits per heavy atom. The molecule has 0 aliphatic heterocycles. The quantitative estimate of drug-likeness (QED) is 0.768. The summed E-state index contributed by atoms with van der Waals surface area (Å²) in [7, 11) is 1.57. The predicted molar refractivity (Wildman–Crippen MR) is 84.8 cm³/mol. The molecule has 0 spiro atoms. The monoisotopic (exact) mass is 316 g/mol. The zero-order chi connectivity index (χ0) is 15.9. The fourth-order valence-corrected chi connectivity index (χ4v) is 2.53. The number of nitrogens with one attached hydrogen (secondary N) is 1. The third kappa shape index (κ3) is 2.29. The minimum Gasteiger partial charge on any atom is -0.496 e. The van der Waals surface area contributed by atoms with Crippen LogP contribution in [0.15, 0.2) is 30.3 Å². The van der Waals surface area contributed by atoms with E-state index in [-0.39, 0.29) is 5.56 Å².